The van der Waals surface area contributed by atoms with Crippen LogP contribution < -0.4 is 4.72 Å². The van der Waals surface area contributed by atoms with E-state index in [1.54, 1.807) is 23.9 Å². The first-order valence-corrected chi connectivity index (χ1v) is 8.66. The number of nitrogens with one attached hydrogen (secondary N) is 1. The van der Waals surface area contributed by atoms with E-state index in [9.17, 15) is 8.42 Å². The van der Waals surface area contributed by atoms with Crippen LogP contribution in [0.15, 0.2) is 29.2 Å². The lowest BCUT2D eigenvalue weighted by atomic mass is 10.2. The van der Waals surface area contributed by atoms with Gasteiger partial charge in [0, 0.05) is 24.3 Å². The van der Waals surface area contributed by atoms with Gasteiger partial charge in [0.25, 0.3) is 0 Å². The molecule has 0 spiro atoms. The summed E-state index contributed by atoms with van der Waals surface area (Å²) in [5, 5.41) is 8.61. The monoisotopic (exact) mass is 299 g/mol. The van der Waals surface area contributed by atoms with E-state index in [-0.39, 0.29) is 11.5 Å². The number of hydrogen-bond donors (Lipinski definition) is 2. The number of hydrogen-bond acceptors (Lipinski definition) is 4. The van der Waals surface area contributed by atoms with E-state index in [0.717, 1.165) is 11.3 Å². The molecule has 0 aromatic heterocycles. The van der Waals surface area contributed by atoms with E-state index in [2.05, 4.69) is 16.6 Å². The molecule has 0 amide bonds. The second-order valence-corrected chi connectivity index (χ2v) is 6.44. The van der Waals surface area contributed by atoms with Crippen LogP contribution in [0.5, 0.6) is 0 Å². The Kier molecular flexibility index (Phi) is 6.95. The number of sulfonamides is 1. The van der Waals surface area contributed by atoms with E-state index in [0.29, 0.717) is 13.0 Å². The molecular weight excluding hydrogens is 282 g/mol. The second kappa shape index (κ2) is 8.23. The van der Waals surface area contributed by atoms with Crippen molar-refractivity contribution in [2.24, 2.45) is 0 Å². The minimum atomic E-state index is -3.43. The molecule has 0 radical (unpaired) electrons. The lowest BCUT2D eigenvalue weighted by Gasteiger charge is -2.05. The van der Waals surface area contributed by atoms with E-state index >= 15 is 0 Å². The topological polar surface area (TPSA) is 66.4 Å². The lowest BCUT2D eigenvalue weighted by Crippen LogP contribution is -2.25. The zero-order valence-electron chi connectivity index (χ0n) is 10.7. The zero-order chi connectivity index (χ0) is 14.1. The molecule has 0 bridgehead atoms. The van der Waals surface area contributed by atoms with Gasteiger partial charge in [-0.15, -0.1) is 0 Å². The molecule has 6 heteroatoms. The zero-order valence-corrected chi connectivity index (χ0v) is 12.4. The van der Waals surface area contributed by atoms with Gasteiger partial charge in [-0.1, -0.05) is 11.8 Å². The van der Waals surface area contributed by atoms with Crippen LogP contribution in [-0.4, -0.2) is 38.7 Å². The molecule has 0 aliphatic carbocycles. The predicted molar refractivity (Wildman–Crippen MR) is 78.6 cm³/mol. The van der Waals surface area contributed by atoms with Crippen molar-refractivity contribution in [2.45, 2.75) is 11.3 Å². The average Bonchev–Trinajstić information content (AvgIpc) is 2.40. The van der Waals surface area contributed by atoms with Crippen LogP contribution in [0.4, 0.5) is 0 Å². The Hall–Kier alpha value is -1.00. The Labute approximate surface area is 118 Å². The summed E-state index contributed by atoms with van der Waals surface area (Å²) in [6.07, 6.45) is 2.34. The molecule has 19 heavy (non-hydrogen) atoms. The summed E-state index contributed by atoms with van der Waals surface area (Å²) in [5.41, 5.74) is 0.733. The molecule has 1 rings (SSSR count). The van der Waals surface area contributed by atoms with Crippen LogP contribution in [0, 0.1) is 11.8 Å². The molecule has 0 heterocycles. The van der Waals surface area contributed by atoms with Crippen molar-refractivity contribution in [3.63, 3.8) is 0 Å². The first kappa shape index (κ1) is 16.1. The van der Waals surface area contributed by atoms with Crippen LogP contribution >= 0.6 is 11.8 Å². The second-order valence-electron chi connectivity index (χ2n) is 3.69. The Morgan fingerprint density at radius 1 is 1.32 bits per heavy atom. The molecule has 0 saturated heterocycles. The highest BCUT2D eigenvalue weighted by molar-refractivity contribution is 7.98. The minimum absolute atomic E-state index is 0.0266. The molecule has 0 aliphatic heterocycles. The van der Waals surface area contributed by atoms with Crippen LogP contribution in [0.25, 0.3) is 0 Å². The lowest BCUT2D eigenvalue weighted by molar-refractivity contribution is 0.305. The van der Waals surface area contributed by atoms with Gasteiger partial charge in [-0.3, -0.25) is 0 Å². The first-order chi connectivity index (χ1) is 9.10. The third kappa shape index (κ3) is 5.66. The number of thioether (sulfide) groups is 1. The summed E-state index contributed by atoms with van der Waals surface area (Å²) in [5.74, 6) is 6.37. The molecule has 0 saturated carbocycles. The first-order valence-electron chi connectivity index (χ1n) is 5.78. The normalized spacial score (nSPS) is 10.8. The van der Waals surface area contributed by atoms with Crippen LogP contribution in [0.1, 0.15) is 12.0 Å². The number of aliphatic hydroxyl groups is 1. The average molecular weight is 299 g/mol. The van der Waals surface area contributed by atoms with E-state index in [1.807, 2.05) is 6.26 Å². The van der Waals surface area contributed by atoms with Crippen LogP contribution in [-0.2, 0) is 10.0 Å². The molecule has 1 aromatic rings. The standard InChI is InChI=1S/C13H17NO3S2/c1-18-11-9-14-19(16,17)13-7-5-12(6-8-13)4-2-3-10-15/h5-8,14-15H,3,9-11H2,1H3. The predicted octanol–water partition coefficient (Wildman–Crippen LogP) is 1.06. The molecule has 0 unspecified atom stereocenters. The third-order valence-corrected chi connectivity index (χ3v) is 4.32. The summed E-state index contributed by atoms with van der Waals surface area (Å²) < 4.78 is 26.3. The van der Waals surface area contributed by atoms with Gasteiger partial charge < -0.3 is 5.11 Å². The Morgan fingerprint density at radius 2 is 2.00 bits per heavy atom. The van der Waals surface area contributed by atoms with Crippen molar-refractivity contribution in [1.29, 1.82) is 0 Å². The third-order valence-electron chi connectivity index (χ3n) is 2.23. The fraction of sp³-hybridized carbons (Fsp3) is 0.385. The van der Waals surface area contributed by atoms with Gasteiger partial charge in [-0.05, 0) is 30.5 Å². The highest BCUT2D eigenvalue weighted by Crippen LogP contribution is 2.10. The highest BCUT2D eigenvalue weighted by atomic mass is 32.2. The summed E-state index contributed by atoms with van der Waals surface area (Å²) in [7, 11) is -3.43. The maximum Gasteiger partial charge on any atom is 0.240 e. The molecule has 0 fully saturated rings. The van der Waals surface area contributed by atoms with Gasteiger partial charge in [0.05, 0.1) is 11.5 Å². The van der Waals surface area contributed by atoms with Crippen molar-refractivity contribution in [1.82, 2.24) is 4.72 Å². The van der Waals surface area contributed by atoms with Gasteiger partial charge in [-0.25, -0.2) is 13.1 Å². The highest BCUT2D eigenvalue weighted by Gasteiger charge is 2.12. The van der Waals surface area contributed by atoms with E-state index in [4.69, 9.17) is 5.11 Å². The Balaban J connectivity index is 2.73. The number of benzene rings is 1. The number of rotatable bonds is 6. The van der Waals surface area contributed by atoms with Crippen LogP contribution in [0.2, 0.25) is 0 Å². The molecule has 1 aromatic carbocycles. The van der Waals surface area contributed by atoms with E-state index in [1.165, 1.54) is 12.1 Å². The maximum absolute atomic E-state index is 11.9. The van der Waals surface area contributed by atoms with Gasteiger partial charge in [-0.2, -0.15) is 11.8 Å². The van der Waals surface area contributed by atoms with Crippen molar-refractivity contribution in [3.05, 3.63) is 29.8 Å². The SMILES string of the molecule is CSCCNS(=O)(=O)c1ccc(C#CCCO)cc1. The van der Waals surface area contributed by atoms with Crippen molar-refractivity contribution in [3.8, 4) is 11.8 Å². The summed E-state index contributed by atoms with van der Waals surface area (Å²) >= 11 is 1.59. The fourth-order valence-corrected chi connectivity index (χ4v) is 2.77. The summed E-state index contributed by atoms with van der Waals surface area (Å²) in [4.78, 5) is 0.237. The van der Waals surface area contributed by atoms with Gasteiger partial charge in [0.1, 0.15) is 0 Å². The molecule has 4 nitrogen and oxygen atoms in total. The molecule has 104 valence electrons. The van der Waals surface area contributed by atoms with E-state index < -0.39 is 10.0 Å². The molecule has 0 atom stereocenters. The van der Waals surface area contributed by atoms with Crippen molar-refractivity contribution >= 4 is 21.8 Å². The van der Waals surface area contributed by atoms with Crippen molar-refractivity contribution < 1.29 is 13.5 Å². The quantitative estimate of drug-likeness (QED) is 0.609. The summed E-state index contributed by atoms with van der Waals surface area (Å²) in [6.45, 7) is 0.445. The van der Waals surface area contributed by atoms with Crippen LogP contribution in [0.3, 0.4) is 0 Å². The number of aliphatic hydroxyl groups excluding tert-OH is 1. The molecular formula is C13H17NO3S2. The smallest absolute Gasteiger partial charge is 0.240 e. The van der Waals surface area contributed by atoms with Gasteiger partial charge >= 0.3 is 0 Å². The minimum Gasteiger partial charge on any atom is -0.395 e. The van der Waals surface area contributed by atoms with Crippen molar-refractivity contribution in [2.75, 3.05) is 25.2 Å². The molecule has 2 N–H and O–H groups in total. The fourth-order valence-electron chi connectivity index (χ4n) is 1.30. The maximum atomic E-state index is 11.9. The van der Waals surface area contributed by atoms with Gasteiger partial charge in [0.2, 0.25) is 10.0 Å². The largest absolute Gasteiger partial charge is 0.395 e. The molecule has 0 aliphatic rings. The Morgan fingerprint density at radius 3 is 2.58 bits per heavy atom. The van der Waals surface area contributed by atoms with Gasteiger partial charge in [0.15, 0.2) is 0 Å². The Bertz CT molecular complexity index is 541. The summed E-state index contributed by atoms with van der Waals surface area (Å²) in [6, 6.07) is 6.38.